The Labute approximate surface area is 136 Å². The molecule has 0 aliphatic rings. The predicted octanol–water partition coefficient (Wildman–Crippen LogP) is 1.14. The molecule has 0 radical (unpaired) electrons. The summed E-state index contributed by atoms with van der Waals surface area (Å²) in [6, 6.07) is -1.17. The number of carboxylic acid groups (broad SMARTS) is 2. The maximum Gasteiger partial charge on any atom is 0.326 e. The van der Waals surface area contributed by atoms with Gasteiger partial charge in [0.2, 0.25) is 11.8 Å². The first-order valence-electron chi connectivity index (χ1n) is 7.81. The second kappa shape index (κ2) is 14.8. The van der Waals surface area contributed by atoms with Crippen molar-refractivity contribution in [2.45, 2.75) is 65.3 Å². The molecule has 0 aromatic heterocycles. The number of carbonyl (C=O) groups is 4. The molecular formula is C15H28N2O6. The monoisotopic (exact) mass is 332 g/mol. The van der Waals surface area contributed by atoms with E-state index in [9.17, 15) is 19.2 Å². The summed E-state index contributed by atoms with van der Waals surface area (Å²) in [5.74, 6) is -2.86. The minimum atomic E-state index is -1.24. The van der Waals surface area contributed by atoms with Crippen molar-refractivity contribution in [1.29, 1.82) is 0 Å². The fraction of sp³-hybridized carbons (Fsp3) is 0.733. The van der Waals surface area contributed by atoms with E-state index in [2.05, 4.69) is 10.6 Å². The Hall–Kier alpha value is -2.12. The normalized spacial score (nSPS) is 10.7. The zero-order chi connectivity index (χ0) is 18.3. The fourth-order valence-corrected chi connectivity index (χ4v) is 1.64. The lowest BCUT2D eigenvalue weighted by Gasteiger charge is -2.13. The van der Waals surface area contributed by atoms with Crippen LogP contribution in [0.15, 0.2) is 0 Å². The highest BCUT2D eigenvalue weighted by atomic mass is 16.4. The second-order valence-corrected chi connectivity index (χ2v) is 4.68. The van der Waals surface area contributed by atoms with Gasteiger partial charge in [-0.3, -0.25) is 14.4 Å². The molecule has 0 aromatic rings. The Kier molecular flexibility index (Phi) is 14.9. The van der Waals surface area contributed by atoms with Crippen LogP contribution in [0.25, 0.3) is 0 Å². The van der Waals surface area contributed by atoms with Crippen LogP contribution in [0.2, 0.25) is 0 Å². The van der Waals surface area contributed by atoms with Gasteiger partial charge in [-0.15, -0.1) is 0 Å². The Bertz CT molecular complexity index is 384. The van der Waals surface area contributed by atoms with Gasteiger partial charge >= 0.3 is 11.9 Å². The summed E-state index contributed by atoms with van der Waals surface area (Å²) in [4.78, 5) is 43.4. The molecule has 4 N–H and O–H groups in total. The molecule has 0 aliphatic heterocycles. The third kappa shape index (κ3) is 16.1. The van der Waals surface area contributed by atoms with Gasteiger partial charge in [-0.05, 0) is 19.3 Å². The van der Waals surface area contributed by atoms with Gasteiger partial charge in [-0.1, -0.05) is 20.3 Å². The summed E-state index contributed by atoms with van der Waals surface area (Å²) in [5.41, 5.74) is 0. The third-order valence-corrected chi connectivity index (χ3v) is 2.73. The highest BCUT2D eigenvalue weighted by Gasteiger charge is 2.20. The number of aliphatic carboxylic acids is 2. The number of unbranched alkanes of at least 4 members (excludes halogenated alkanes) is 2. The van der Waals surface area contributed by atoms with Crippen molar-refractivity contribution in [3.8, 4) is 0 Å². The average molecular weight is 332 g/mol. The van der Waals surface area contributed by atoms with Gasteiger partial charge in [0.25, 0.3) is 0 Å². The summed E-state index contributed by atoms with van der Waals surface area (Å²) in [6.07, 6.45) is 1.79. The molecule has 0 heterocycles. The molecule has 0 aliphatic carbocycles. The first-order chi connectivity index (χ1) is 10.8. The van der Waals surface area contributed by atoms with Crippen molar-refractivity contribution < 1.29 is 29.4 Å². The SMILES string of the molecule is CC.CC(=O)NCCCCCC(=O)NC(CCC(=O)O)C(=O)O. The zero-order valence-electron chi connectivity index (χ0n) is 14.1. The molecule has 0 bridgehead atoms. The second-order valence-electron chi connectivity index (χ2n) is 4.68. The molecule has 8 heteroatoms. The molecule has 0 aromatic carbocycles. The number of hydrogen-bond acceptors (Lipinski definition) is 4. The van der Waals surface area contributed by atoms with Gasteiger partial charge in [-0.2, -0.15) is 0 Å². The van der Waals surface area contributed by atoms with Crippen LogP contribution in [-0.4, -0.2) is 46.6 Å². The van der Waals surface area contributed by atoms with Gasteiger partial charge in [-0.25, -0.2) is 4.79 Å². The van der Waals surface area contributed by atoms with E-state index in [1.54, 1.807) is 0 Å². The first kappa shape index (κ1) is 23.2. The Morgan fingerprint density at radius 3 is 2.04 bits per heavy atom. The van der Waals surface area contributed by atoms with Gasteiger partial charge in [0.1, 0.15) is 6.04 Å². The minimum Gasteiger partial charge on any atom is -0.481 e. The van der Waals surface area contributed by atoms with Gasteiger partial charge in [0, 0.05) is 26.3 Å². The van der Waals surface area contributed by atoms with Crippen molar-refractivity contribution in [2.75, 3.05) is 6.54 Å². The highest BCUT2D eigenvalue weighted by molar-refractivity contribution is 5.83. The molecule has 1 unspecified atom stereocenters. The van der Waals surface area contributed by atoms with Crippen LogP contribution in [0.3, 0.4) is 0 Å². The summed E-state index contributed by atoms with van der Waals surface area (Å²) in [5, 5.41) is 22.3. The van der Waals surface area contributed by atoms with Crippen LogP contribution < -0.4 is 10.6 Å². The lowest BCUT2D eigenvalue weighted by atomic mass is 10.1. The molecule has 23 heavy (non-hydrogen) atoms. The summed E-state index contributed by atoms with van der Waals surface area (Å²) in [7, 11) is 0. The molecule has 0 rings (SSSR count). The number of hydrogen-bond donors (Lipinski definition) is 4. The fourth-order valence-electron chi connectivity index (χ4n) is 1.64. The smallest absolute Gasteiger partial charge is 0.326 e. The molecule has 0 saturated heterocycles. The molecule has 1 atom stereocenters. The quantitative estimate of drug-likeness (QED) is 0.419. The lowest BCUT2D eigenvalue weighted by molar-refractivity contribution is -0.143. The van der Waals surface area contributed by atoms with Crippen LogP contribution in [-0.2, 0) is 19.2 Å². The van der Waals surface area contributed by atoms with Gasteiger partial charge in [0.15, 0.2) is 0 Å². The van der Waals surface area contributed by atoms with E-state index in [-0.39, 0.29) is 25.2 Å². The van der Waals surface area contributed by atoms with E-state index in [0.29, 0.717) is 13.0 Å². The highest BCUT2D eigenvalue weighted by Crippen LogP contribution is 2.02. The number of amides is 2. The van der Waals surface area contributed by atoms with E-state index in [1.165, 1.54) is 6.92 Å². The molecule has 134 valence electrons. The number of carbonyl (C=O) groups excluding carboxylic acids is 2. The van der Waals surface area contributed by atoms with Crippen LogP contribution in [0.5, 0.6) is 0 Å². The summed E-state index contributed by atoms with van der Waals surface area (Å²) >= 11 is 0. The van der Waals surface area contributed by atoms with Crippen molar-refractivity contribution in [3.05, 3.63) is 0 Å². The largest absolute Gasteiger partial charge is 0.481 e. The van der Waals surface area contributed by atoms with E-state index >= 15 is 0 Å². The topological polar surface area (TPSA) is 133 Å². The Morgan fingerprint density at radius 1 is 0.957 bits per heavy atom. The number of rotatable bonds is 11. The van der Waals surface area contributed by atoms with Crippen LogP contribution in [0, 0.1) is 0 Å². The maximum atomic E-state index is 11.6. The Balaban J connectivity index is 0. The molecule has 0 spiro atoms. The van der Waals surface area contributed by atoms with Gasteiger partial charge in [0.05, 0.1) is 0 Å². The predicted molar refractivity (Wildman–Crippen MR) is 84.9 cm³/mol. The lowest BCUT2D eigenvalue weighted by Crippen LogP contribution is -2.41. The van der Waals surface area contributed by atoms with Crippen molar-refractivity contribution in [1.82, 2.24) is 10.6 Å². The van der Waals surface area contributed by atoms with E-state index in [4.69, 9.17) is 10.2 Å². The average Bonchev–Trinajstić information content (AvgIpc) is 2.48. The Morgan fingerprint density at radius 2 is 1.57 bits per heavy atom. The zero-order valence-corrected chi connectivity index (χ0v) is 14.1. The van der Waals surface area contributed by atoms with Crippen molar-refractivity contribution >= 4 is 23.8 Å². The summed E-state index contributed by atoms with van der Waals surface area (Å²) in [6.45, 7) is 5.98. The van der Waals surface area contributed by atoms with Crippen molar-refractivity contribution in [3.63, 3.8) is 0 Å². The number of carboxylic acids is 2. The standard InChI is InChI=1S/C13H22N2O6.C2H6/c1-9(16)14-8-4-2-3-5-11(17)15-10(13(20)21)6-7-12(18)19;1-2/h10H,2-8H2,1H3,(H,14,16)(H,15,17)(H,18,19)(H,20,21);1-2H3. The van der Waals surface area contributed by atoms with Crippen LogP contribution >= 0.6 is 0 Å². The van der Waals surface area contributed by atoms with E-state index in [0.717, 1.165) is 12.8 Å². The first-order valence-corrected chi connectivity index (χ1v) is 7.81. The maximum absolute atomic E-state index is 11.6. The minimum absolute atomic E-state index is 0.101. The number of nitrogens with one attached hydrogen (secondary N) is 2. The molecule has 0 saturated carbocycles. The van der Waals surface area contributed by atoms with Crippen LogP contribution in [0.1, 0.15) is 59.3 Å². The third-order valence-electron chi connectivity index (χ3n) is 2.73. The molecule has 2 amide bonds. The van der Waals surface area contributed by atoms with Gasteiger partial charge < -0.3 is 20.8 Å². The molecule has 8 nitrogen and oxygen atoms in total. The van der Waals surface area contributed by atoms with Crippen LogP contribution in [0.4, 0.5) is 0 Å². The van der Waals surface area contributed by atoms with E-state index in [1.807, 2.05) is 13.8 Å². The molecule has 0 fully saturated rings. The summed E-state index contributed by atoms with van der Waals surface area (Å²) < 4.78 is 0. The molecular weight excluding hydrogens is 304 g/mol. The van der Waals surface area contributed by atoms with E-state index < -0.39 is 23.9 Å². The van der Waals surface area contributed by atoms with Crippen molar-refractivity contribution in [2.24, 2.45) is 0 Å².